The quantitative estimate of drug-likeness (QED) is 0.775. The Kier molecular flexibility index (Phi) is 3.32. The molecule has 16 heavy (non-hydrogen) atoms. The van der Waals surface area contributed by atoms with Gasteiger partial charge in [0.25, 0.3) is 0 Å². The maximum Gasteiger partial charge on any atom is 0.167 e. The predicted molar refractivity (Wildman–Crippen MR) is 63.2 cm³/mol. The molecular formula is C12H8Cl2O2. The predicted octanol–water partition coefficient (Wildman–Crippen LogP) is 4.01. The Bertz CT molecular complexity index is 483. The first-order chi connectivity index (χ1) is 7.65. The molecule has 0 unspecified atom stereocenters. The van der Waals surface area contributed by atoms with Crippen molar-refractivity contribution in [3.05, 3.63) is 58.0 Å². The molecule has 0 atom stereocenters. The van der Waals surface area contributed by atoms with E-state index in [1.165, 1.54) is 6.26 Å². The molecule has 0 saturated heterocycles. The largest absolute Gasteiger partial charge is 0.472 e. The number of rotatable bonds is 3. The van der Waals surface area contributed by atoms with Gasteiger partial charge in [-0.05, 0) is 29.8 Å². The van der Waals surface area contributed by atoms with Crippen LogP contribution in [0.3, 0.4) is 0 Å². The van der Waals surface area contributed by atoms with Gasteiger partial charge in [0.1, 0.15) is 0 Å². The summed E-state index contributed by atoms with van der Waals surface area (Å²) < 4.78 is 4.89. The number of benzene rings is 1. The Morgan fingerprint density at radius 3 is 2.44 bits per heavy atom. The normalized spacial score (nSPS) is 10.4. The Labute approximate surface area is 103 Å². The molecule has 82 valence electrons. The van der Waals surface area contributed by atoms with E-state index in [4.69, 9.17) is 27.6 Å². The SMILES string of the molecule is O=C(Cc1ccoc1)c1cc(Cl)cc(Cl)c1. The number of furan rings is 1. The zero-order chi connectivity index (χ0) is 11.5. The summed E-state index contributed by atoms with van der Waals surface area (Å²) in [5, 5.41) is 0.922. The lowest BCUT2D eigenvalue weighted by Gasteiger charge is -2.01. The van der Waals surface area contributed by atoms with Gasteiger partial charge in [-0.3, -0.25) is 4.79 Å². The molecule has 1 aromatic heterocycles. The zero-order valence-electron chi connectivity index (χ0n) is 8.24. The van der Waals surface area contributed by atoms with Crippen molar-refractivity contribution in [3.63, 3.8) is 0 Å². The molecular weight excluding hydrogens is 247 g/mol. The third kappa shape index (κ3) is 2.65. The first-order valence-electron chi connectivity index (χ1n) is 4.65. The summed E-state index contributed by atoms with van der Waals surface area (Å²) >= 11 is 11.6. The van der Waals surface area contributed by atoms with E-state index in [0.29, 0.717) is 15.6 Å². The highest BCUT2D eigenvalue weighted by Crippen LogP contribution is 2.20. The van der Waals surface area contributed by atoms with Crippen LogP contribution in [0.1, 0.15) is 15.9 Å². The summed E-state index contributed by atoms with van der Waals surface area (Å²) in [5.41, 5.74) is 1.35. The Morgan fingerprint density at radius 2 is 1.88 bits per heavy atom. The molecule has 0 aliphatic heterocycles. The van der Waals surface area contributed by atoms with Crippen molar-refractivity contribution in [1.29, 1.82) is 0 Å². The maximum absolute atomic E-state index is 11.9. The van der Waals surface area contributed by atoms with Crippen molar-refractivity contribution < 1.29 is 9.21 Å². The molecule has 4 heteroatoms. The number of Topliss-reactive ketones (excluding diaryl/α,β-unsaturated/α-hetero) is 1. The van der Waals surface area contributed by atoms with Gasteiger partial charge in [-0.25, -0.2) is 0 Å². The standard InChI is InChI=1S/C12H8Cl2O2/c13-10-4-9(5-11(14)6-10)12(15)3-8-1-2-16-7-8/h1-2,4-7H,3H2. The van der Waals surface area contributed by atoms with Crippen LogP contribution in [0.4, 0.5) is 0 Å². The number of carbonyl (C=O) groups excluding carboxylic acids is 1. The molecule has 0 fully saturated rings. The lowest BCUT2D eigenvalue weighted by Crippen LogP contribution is -2.02. The number of halogens is 2. The molecule has 2 aromatic rings. The van der Waals surface area contributed by atoms with Crippen molar-refractivity contribution in [3.8, 4) is 0 Å². The summed E-state index contributed by atoms with van der Waals surface area (Å²) in [5.74, 6) is -0.0363. The molecule has 0 amide bonds. The van der Waals surface area contributed by atoms with E-state index in [9.17, 15) is 4.79 Å². The van der Waals surface area contributed by atoms with Crippen LogP contribution in [0.5, 0.6) is 0 Å². The van der Waals surface area contributed by atoms with E-state index < -0.39 is 0 Å². The molecule has 0 radical (unpaired) electrons. The van der Waals surface area contributed by atoms with Gasteiger partial charge >= 0.3 is 0 Å². The van der Waals surface area contributed by atoms with E-state index in [1.54, 1.807) is 30.5 Å². The second-order valence-electron chi connectivity index (χ2n) is 3.39. The second kappa shape index (κ2) is 4.73. The van der Waals surface area contributed by atoms with E-state index in [0.717, 1.165) is 5.56 Å². The van der Waals surface area contributed by atoms with E-state index >= 15 is 0 Å². The van der Waals surface area contributed by atoms with E-state index in [1.807, 2.05) is 0 Å². The topological polar surface area (TPSA) is 30.2 Å². The van der Waals surface area contributed by atoms with Crippen molar-refractivity contribution in [2.75, 3.05) is 0 Å². The lowest BCUT2D eigenvalue weighted by molar-refractivity contribution is 0.0992. The Balaban J connectivity index is 2.21. The molecule has 2 rings (SSSR count). The van der Waals surface area contributed by atoms with Gasteiger partial charge in [-0.1, -0.05) is 23.2 Å². The van der Waals surface area contributed by atoms with Crippen molar-refractivity contribution >= 4 is 29.0 Å². The number of hydrogen-bond acceptors (Lipinski definition) is 2. The third-order valence-corrected chi connectivity index (χ3v) is 2.57. The van der Waals surface area contributed by atoms with Crippen molar-refractivity contribution in [2.45, 2.75) is 6.42 Å². The van der Waals surface area contributed by atoms with E-state index in [-0.39, 0.29) is 12.2 Å². The average molecular weight is 255 g/mol. The fourth-order valence-electron chi connectivity index (χ4n) is 1.40. The molecule has 0 aliphatic carbocycles. The van der Waals surface area contributed by atoms with Gasteiger partial charge in [0, 0.05) is 22.0 Å². The summed E-state index contributed by atoms with van der Waals surface area (Å²) in [6.07, 6.45) is 3.37. The Morgan fingerprint density at radius 1 is 1.19 bits per heavy atom. The fraction of sp³-hybridized carbons (Fsp3) is 0.0833. The minimum atomic E-state index is -0.0363. The zero-order valence-corrected chi connectivity index (χ0v) is 9.76. The van der Waals surface area contributed by atoms with Gasteiger partial charge in [0.05, 0.1) is 12.5 Å². The highest BCUT2D eigenvalue weighted by atomic mass is 35.5. The lowest BCUT2D eigenvalue weighted by atomic mass is 10.1. The monoisotopic (exact) mass is 254 g/mol. The van der Waals surface area contributed by atoms with Crippen molar-refractivity contribution in [2.24, 2.45) is 0 Å². The van der Waals surface area contributed by atoms with Crippen LogP contribution >= 0.6 is 23.2 Å². The van der Waals surface area contributed by atoms with Crippen LogP contribution < -0.4 is 0 Å². The van der Waals surface area contributed by atoms with Crippen LogP contribution in [0.2, 0.25) is 10.0 Å². The van der Waals surface area contributed by atoms with Gasteiger partial charge in [-0.15, -0.1) is 0 Å². The second-order valence-corrected chi connectivity index (χ2v) is 4.26. The van der Waals surface area contributed by atoms with E-state index in [2.05, 4.69) is 0 Å². The third-order valence-electron chi connectivity index (χ3n) is 2.13. The van der Waals surface area contributed by atoms with Gasteiger partial charge < -0.3 is 4.42 Å². The Hall–Kier alpha value is -1.25. The molecule has 0 aliphatic rings. The molecule has 0 spiro atoms. The minimum Gasteiger partial charge on any atom is -0.472 e. The van der Waals surface area contributed by atoms with Crippen LogP contribution in [0, 0.1) is 0 Å². The summed E-state index contributed by atoms with van der Waals surface area (Å²) in [6.45, 7) is 0. The molecule has 1 aromatic carbocycles. The first kappa shape index (κ1) is 11.2. The summed E-state index contributed by atoms with van der Waals surface area (Å²) in [7, 11) is 0. The molecule has 0 saturated carbocycles. The van der Waals surface area contributed by atoms with Gasteiger partial charge in [0.15, 0.2) is 5.78 Å². The van der Waals surface area contributed by atoms with Crippen LogP contribution in [0.15, 0.2) is 41.2 Å². The number of carbonyl (C=O) groups is 1. The molecule has 0 bridgehead atoms. The molecule has 2 nitrogen and oxygen atoms in total. The first-order valence-corrected chi connectivity index (χ1v) is 5.41. The smallest absolute Gasteiger partial charge is 0.167 e. The van der Waals surface area contributed by atoms with Crippen LogP contribution in [0.25, 0.3) is 0 Å². The maximum atomic E-state index is 11.9. The van der Waals surface area contributed by atoms with Crippen molar-refractivity contribution in [1.82, 2.24) is 0 Å². The van der Waals surface area contributed by atoms with Crippen LogP contribution in [-0.4, -0.2) is 5.78 Å². The van der Waals surface area contributed by atoms with Gasteiger partial charge in [0.2, 0.25) is 0 Å². The summed E-state index contributed by atoms with van der Waals surface area (Å²) in [4.78, 5) is 11.9. The average Bonchev–Trinajstić information content (AvgIpc) is 2.68. The molecule has 0 N–H and O–H groups in total. The minimum absolute atomic E-state index is 0.0363. The fourth-order valence-corrected chi connectivity index (χ4v) is 1.92. The number of ketones is 1. The summed E-state index contributed by atoms with van der Waals surface area (Å²) in [6, 6.07) is 6.56. The van der Waals surface area contributed by atoms with Gasteiger partial charge in [-0.2, -0.15) is 0 Å². The molecule has 1 heterocycles. The highest BCUT2D eigenvalue weighted by Gasteiger charge is 2.09. The highest BCUT2D eigenvalue weighted by molar-refractivity contribution is 6.35. The van der Waals surface area contributed by atoms with Crippen LogP contribution in [-0.2, 0) is 6.42 Å². The number of hydrogen-bond donors (Lipinski definition) is 0.